The van der Waals surface area contributed by atoms with Gasteiger partial charge in [-0.3, -0.25) is 19.7 Å². The van der Waals surface area contributed by atoms with Crippen LogP contribution >= 0.6 is 0 Å². The second kappa shape index (κ2) is 10.2. The number of nitrogens with one attached hydrogen (secondary N) is 2. The van der Waals surface area contributed by atoms with Crippen molar-refractivity contribution in [3.05, 3.63) is 33.9 Å². The average Bonchev–Trinajstić information content (AvgIpc) is 2.59. The van der Waals surface area contributed by atoms with Crippen molar-refractivity contribution >= 4 is 23.3 Å². The van der Waals surface area contributed by atoms with Gasteiger partial charge in [-0.05, 0) is 18.9 Å². The largest absolute Gasteiger partial charge is 0.469 e. The molecule has 1 amide bonds. The lowest BCUT2D eigenvalue weighted by Crippen LogP contribution is -2.25. The first kappa shape index (κ1) is 19.4. The highest BCUT2D eigenvalue weighted by atomic mass is 16.6. The molecular formula is C16H23N3O5. The molecule has 0 aliphatic rings. The summed E-state index contributed by atoms with van der Waals surface area (Å²) < 4.78 is 4.56. The Morgan fingerprint density at radius 3 is 2.54 bits per heavy atom. The van der Waals surface area contributed by atoms with Gasteiger partial charge in [0.15, 0.2) is 0 Å². The van der Waals surface area contributed by atoms with E-state index < -0.39 is 4.92 Å². The molecular weight excluding hydrogens is 314 g/mol. The molecule has 0 spiro atoms. The van der Waals surface area contributed by atoms with Crippen LogP contribution in [0.4, 0.5) is 11.4 Å². The van der Waals surface area contributed by atoms with Crippen LogP contribution in [-0.4, -0.2) is 37.5 Å². The molecule has 8 nitrogen and oxygen atoms in total. The first-order valence-electron chi connectivity index (χ1n) is 7.80. The summed E-state index contributed by atoms with van der Waals surface area (Å²) in [5, 5.41) is 16.4. The van der Waals surface area contributed by atoms with Gasteiger partial charge in [-0.2, -0.15) is 0 Å². The Balaban J connectivity index is 2.41. The molecule has 1 rings (SSSR count). The maximum atomic E-state index is 12.2. The van der Waals surface area contributed by atoms with Crippen molar-refractivity contribution in [2.24, 2.45) is 0 Å². The van der Waals surface area contributed by atoms with E-state index in [1.807, 2.05) is 0 Å². The fourth-order valence-corrected chi connectivity index (χ4v) is 2.20. The second-order valence-corrected chi connectivity index (χ2v) is 5.23. The Hall–Kier alpha value is -2.64. The van der Waals surface area contributed by atoms with Gasteiger partial charge in [-0.1, -0.05) is 12.8 Å². The van der Waals surface area contributed by atoms with E-state index in [1.54, 1.807) is 7.05 Å². The minimum atomic E-state index is -0.530. The van der Waals surface area contributed by atoms with Crippen molar-refractivity contribution < 1.29 is 19.2 Å². The summed E-state index contributed by atoms with van der Waals surface area (Å²) in [4.78, 5) is 33.4. The molecule has 0 radical (unpaired) electrons. The molecule has 8 heteroatoms. The third-order valence-electron chi connectivity index (χ3n) is 3.55. The van der Waals surface area contributed by atoms with Gasteiger partial charge in [0.25, 0.3) is 11.6 Å². The van der Waals surface area contributed by atoms with Gasteiger partial charge in [0.1, 0.15) is 0 Å². The van der Waals surface area contributed by atoms with Gasteiger partial charge in [0, 0.05) is 37.8 Å². The monoisotopic (exact) mass is 337 g/mol. The van der Waals surface area contributed by atoms with Gasteiger partial charge in [0.2, 0.25) is 0 Å². The number of ether oxygens (including phenoxy) is 1. The highest BCUT2D eigenvalue weighted by Gasteiger charge is 2.15. The van der Waals surface area contributed by atoms with E-state index in [-0.39, 0.29) is 23.1 Å². The molecule has 0 unspecified atom stereocenters. The first-order chi connectivity index (χ1) is 11.5. The number of nitrogens with zero attached hydrogens (tertiary/aromatic N) is 1. The van der Waals surface area contributed by atoms with E-state index in [0.717, 1.165) is 25.7 Å². The van der Waals surface area contributed by atoms with Gasteiger partial charge in [-0.15, -0.1) is 0 Å². The molecule has 132 valence electrons. The highest BCUT2D eigenvalue weighted by Crippen LogP contribution is 2.21. The van der Waals surface area contributed by atoms with Gasteiger partial charge in [-0.25, -0.2) is 0 Å². The number of nitro groups is 1. The molecule has 0 saturated carbocycles. The summed E-state index contributed by atoms with van der Waals surface area (Å²) in [6, 6.07) is 4.13. The quantitative estimate of drug-likeness (QED) is 0.294. The fourth-order valence-electron chi connectivity index (χ4n) is 2.20. The molecule has 1 aromatic carbocycles. The lowest BCUT2D eigenvalue weighted by atomic mass is 10.1. The molecule has 2 N–H and O–H groups in total. The number of methoxy groups -OCH3 is 1. The normalized spacial score (nSPS) is 10.1. The van der Waals surface area contributed by atoms with Crippen LogP contribution in [0.1, 0.15) is 42.5 Å². The number of esters is 1. The van der Waals surface area contributed by atoms with Crippen molar-refractivity contribution in [1.29, 1.82) is 0 Å². The third-order valence-corrected chi connectivity index (χ3v) is 3.55. The number of amides is 1. The number of carbonyl (C=O) groups excluding carboxylic acids is 2. The Bertz CT molecular complexity index is 589. The number of nitro benzene ring substituents is 1. The number of carbonyl (C=O) groups is 2. The van der Waals surface area contributed by atoms with E-state index in [2.05, 4.69) is 15.4 Å². The molecule has 0 aliphatic carbocycles. The van der Waals surface area contributed by atoms with Crippen LogP contribution in [0.3, 0.4) is 0 Å². The summed E-state index contributed by atoms with van der Waals surface area (Å²) in [6.45, 7) is 0.475. The van der Waals surface area contributed by atoms with Crippen molar-refractivity contribution in [2.75, 3.05) is 26.0 Å². The predicted molar refractivity (Wildman–Crippen MR) is 90.1 cm³/mol. The molecule has 0 aliphatic heterocycles. The lowest BCUT2D eigenvalue weighted by Gasteiger charge is -2.09. The first-order valence-corrected chi connectivity index (χ1v) is 7.80. The number of unbranched alkanes of at least 4 members (excludes halogenated alkanes) is 3. The Morgan fingerprint density at radius 1 is 1.21 bits per heavy atom. The number of hydrogen-bond acceptors (Lipinski definition) is 6. The molecule has 0 heterocycles. The van der Waals surface area contributed by atoms with Crippen LogP contribution in [0.5, 0.6) is 0 Å². The summed E-state index contributed by atoms with van der Waals surface area (Å²) in [7, 11) is 3.02. The van der Waals surface area contributed by atoms with Gasteiger partial charge >= 0.3 is 5.97 Å². The van der Waals surface area contributed by atoms with Crippen molar-refractivity contribution in [3.63, 3.8) is 0 Å². The summed E-state index contributed by atoms with van der Waals surface area (Å²) >= 11 is 0. The molecule has 0 atom stereocenters. The zero-order chi connectivity index (χ0) is 17.9. The molecule has 1 aromatic rings. The van der Waals surface area contributed by atoms with Crippen LogP contribution in [0.15, 0.2) is 18.2 Å². The van der Waals surface area contributed by atoms with Crippen LogP contribution in [0.25, 0.3) is 0 Å². The van der Waals surface area contributed by atoms with Crippen LogP contribution in [-0.2, 0) is 9.53 Å². The summed E-state index contributed by atoms with van der Waals surface area (Å²) in [5.74, 6) is -0.564. The number of hydrogen-bond donors (Lipinski definition) is 2. The Kier molecular flexibility index (Phi) is 8.24. The third kappa shape index (κ3) is 6.23. The molecule has 0 bridgehead atoms. The van der Waals surface area contributed by atoms with Crippen LogP contribution in [0.2, 0.25) is 0 Å². The lowest BCUT2D eigenvalue weighted by molar-refractivity contribution is -0.384. The van der Waals surface area contributed by atoms with Crippen LogP contribution in [0, 0.1) is 10.1 Å². The molecule has 0 fully saturated rings. The van der Waals surface area contributed by atoms with Crippen molar-refractivity contribution in [2.45, 2.75) is 32.1 Å². The highest BCUT2D eigenvalue weighted by molar-refractivity contribution is 6.00. The van der Waals surface area contributed by atoms with E-state index in [1.165, 1.54) is 25.3 Å². The minimum absolute atomic E-state index is 0.123. The Morgan fingerprint density at radius 2 is 1.92 bits per heavy atom. The smallest absolute Gasteiger partial charge is 0.305 e. The van der Waals surface area contributed by atoms with Gasteiger partial charge in [0.05, 0.1) is 17.6 Å². The zero-order valence-corrected chi connectivity index (χ0v) is 14.0. The summed E-state index contributed by atoms with van der Waals surface area (Å²) in [6.07, 6.45) is 3.70. The minimum Gasteiger partial charge on any atom is -0.469 e. The van der Waals surface area contributed by atoms with Crippen molar-refractivity contribution in [1.82, 2.24) is 5.32 Å². The maximum Gasteiger partial charge on any atom is 0.305 e. The molecule has 0 saturated heterocycles. The number of benzene rings is 1. The maximum absolute atomic E-state index is 12.2. The standard InChI is InChI=1S/C16H23N3O5/c1-17-14-9-8-12(19(22)23)11-13(14)16(21)18-10-6-4-3-5-7-15(20)24-2/h8-9,11,17H,3-7,10H2,1-2H3,(H,18,21). The SMILES string of the molecule is CNc1ccc([N+](=O)[O-])cc1C(=O)NCCCCCCC(=O)OC. The summed E-state index contributed by atoms with van der Waals surface area (Å²) in [5.41, 5.74) is 0.663. The number of rotatable bonds is 10. The van der Waals surface area contributed by atoms with E-state index in [4.69, 9.17) is 0 Å². The average molecular weight is 337 g/mol. The van der Waals surface area contributed by atoms with E-state index >= 15 is 0 Å². The van der Waals surface area contributed by atoms with Gasteiger partial charge < -0.3 is 15.4 Å². The molecule has 24 heavy (non-hydrogen) atoms. The molecule has 0 aromatic heterocycles. The second-order valence-electron chi connectivity index (χ2n) is 5.23. The number of non-ortho nitro benzene ring substituents is 1. The topological polar surface area (TPSA) is 111 Å². The predicted octanol–water partition coefficient (Wildman–Crippen LogP) is 2.49. The van der Waals surface area contributed by atoms with E-state index in [0.29, 0.717) is 18.7 Å². The van der Waals surface area contributed by atoms with Crippen molar-refractivity contribution in [3.8, 4) is 0 Å². The zero-order valence-electron chi connectivity index (χ0n) is 14.0. The fraction of sp³-hybridized carbons (Fsp3) is 0.500. The number of anilines is 1. The van der Waals surface area contributed by atoms with E-state index in [9.17, 15) is 19.7 Å². The Labute approximate surface area is 140 Å². The van der Waals surface area contributed by atoms with Crippen LogP contribution < -0.4 is 10.6 Å².